The fraction of sp³-hybridized carbons (Fsp3) is 0.357. The van der Waals surface area contributed by atoms with Crippen LogP contribution in [0.2, 0.25) is 0 Å². The molecule has 2 N–H and O–H groups in total. The minimum Gasteiger partial charge on any atom is -0.491 e. The molecule has 4 amide bonds. The molecule has 10 nitrogen and oxygen atoms in total. The van der Waals surface area contributed by atoms with Crippen LogP contribution in [0.4, 0.5) is 26.4 Å². The van der Waals surface area contributed by atoms with E-state index in [1.807, 2.05) is 41.5 Å². The summed E-state index contributed by atoms with van der Waals surface area (Å²) in [5.41, 5.74) is 7.11. The van der Waals surface area contributed by atoms with Crippen molar-refractivity contribution < 1.29 is 23.5 Å². The lowest BCUT2D eigenvalue weighted by Crippen LogP contribution is -2.40. The normalized spacial score (nSPS) is 20.8. The van der Waals surface area contributed by atoms with Crippen LogP contribution in [-0.2, 0) is 16.1 Å². The number of ether oxygens (including phenoxy) is 1. The molecule has 0 aliphatic carbocycles. The molecule has 39 heavy (non-hydrogen) atoms. The van der Waals surface area contributed by atoms with Crippen molar-refractivity contribution in [3.8, 4) is 17.1 Å². The van der Waals surface area contributed by atoms with E-state index in [-0.39, 0.29) is 23.6 Å². The highest BCUT2D eigenvalue weighted by Gasteiger charge is 2.50. The van der Waals surface area contributed by atoms with Gasteiger partial charge < -0.3 is 19.9 Å². The number of imide groups is 1. The highest BCUT2D eigenvalue weighted by Crippen LogP contribution is 2.40. The van der Waals surface area contributed by atoms with Crippen LogP contribution in [0.1, 0.15) is 26.7 Å². The lowest BCUT2D eigenvalue weighted by atomic mass is 10.0. The Morgan fingerprint density at radius 1 is 1.15 bits per heavy atom. The number of nitrogens with two attached hydrogens (primary N) is 1. The summed E-state index contributed by atoms with van der Waals surface area (Å²) in [5, 5.41) is 0. The molecule has 2 saturated heterocycles. The topological polar surface area (TPSA) is 114 Å². The second-order valence-corrected chi connectivity index (χ2v) is 10.4. The van der Waals surface area contributed by atoms with E-state index in [0.717, 1.165) is 29.1 Å². The van der Waals surface area contributed by atoms with Gasteiger partial charge in [0.1, 0.15) is 36.1 Å². The second kappa shape index (κ2) is 9.40. The Hall–Kier alpha value is -4.41. The average Bonchev–Trinajstić information content (AvgIpc) is 3.58. The number of imidazole rings is 1. The molecule has 0 saturated carbocycles. The summed E-state index contributed by atoms with van der Waals surface area (Å²) in [6, 6.07) is 9.59. The fourth-order valence-electron chi connectivity index (χ4n) is 5.77. The van der Waals surface area contributed by atoms with E-state index in [1.54, 1.807) is 12.3 Å². The van der Waals surface area contributed by atoms with E-state index in [1.165, 1.54) is 23.1 Å². The van der Waals surface area contributed by atoms with Crippen LogP contribution in [-0.4, -0.2) is 52.6 Å². The maximum absolute atomic E-state index is 14.6. The molecule has 0 bridgehead atoms. The van der Waals surface area contributed by atoms with Crippen molar-refractivity contribution in [1.29, 1.82) is 0 Å². The van der Waals surface area contributed by atoms with Crippen molar-refractivity contribution in [2.24, 2.45) is 11.7 Å². The first-order valence-corrected chi connectivity index (χ1v) is 13.1. The van der Waals surface area contributed by atoms with Crippen molar-refractivity contribution in [1.82, 2.24) is 9.55 Å². The molecule has 0 radical (unpaired) electrons. The number of nitrogens with zero attached hydrogens (tertiary/aromatic N) is 5. The van der Waals surface area contributed by atoms with E-state index in [9.17, 15) is 18.8 Å². The zero-order valence-corrected chi connectivity index (χ0v) is 21.7. The summed E-state index contributed by atoms with van der Waals surface area (Å²) in [6.07, 6.45) is 3.32. The number of amides is 4. The number of carbonyl (C=O) groups excluding carboxylic acids is 3. The SMILES string of the molecule is CC(C)C1C(=O)N(c2ccccc2F)C(=O)N1c1cn2c(n1)-c1ccc(N3CCC[C@H]3C(N)=O)cc1OCC2. The first-order valence-electron chi connectivity index (χ1n) is 13.1. The van der Waals surface area contributed by atoms with Gasteiger partial charge in [0.05, 0.1) is 17.8 Å². The van der Waals surface area contributed by atoms with E-state index >= 15 is 0 Å². The fourth-order valence-corrected chi connectivity index (χ4v) is 5.77. The molecule has 1 unspecified atom stereocenters. The maximum Gasteiger partial charge on any atom is 0.337 e. The molecule has 2 aromatic carbocycles. The van der Waals surface area contributed by atoms with Crippen molar-refractivity contribution in [3.63, 3.8) is 0 Å². The highest BCUT2D eigenvalue weighted by atomic mass is 19.1. The Balaban J connectivity index is 1.38. The van der Waals surface area contributed by atoms with Crippen molar-refractivity contribution in [3.05, 3.63) is 54.5 Å². The van der Waals surface area contributed by atoms with Crippen LogP contribution in [0, 0.1) is 11.7 Å². The first-order chi connectivity index (χ1) is 18.8. The molecule has 3 aromatic rings. The molecule has 6 rings (SSSR count). The van der Waals surface area contributed by atoms with Crippen molar-refractivity contribution in [2.45, 2.75) is 45.3 Å². The number of fused-ring (bicyclic) bond motifs is 3. The molecule has 11 heteroatoms. The molecule has 202 valence electrons. The third-order valence-corrected chi connectivity index (χ3v) is 7.59. The molecule has 4 heterocycles. The summed E-state index contributed by atoms with van der Waals surface area (Å²) in [7, 11) is 0. The van der Waals surface area contributed by atoms with E-state index in [0.29, 0.717) is 37.0 Å². The first kappa shape index (κ1) is 24.9. The van der Waals surface area contributed by atoms with Gasteiger partial charge in [0, 0.05) is 24.5 Å². The summed E-state index contributed by atoms with van der Waals surface area (Å²) in [4.78, 5) is 48.1. The number of primary amides is 1. The molecule has 3 aliphatic rings. The molecule has 1 aromatic heterocycles. The van der Waals surface area contributed by atoms with Gasteiger partial charge in [0.15, 0.2) is 5.82 Å². The largest absolute Gasteiger partial charge is 0.491 e. The van der Waals surface area contributed by atoms with E-state index < -0.39 is 23.8 Å². The van der Waals surface area contributed by atoms with Crippen molar-refractivity contribution >= 4 is 35.0 Å². The standard InChI is InChI=1S/C28H29FN6O4/c1-16(2)24-27(37)34(20-7-4-3-6-19(20)29)28(38)35(24)23-15-32-12-13-39-22-14-17(9-10-18(22)26(32)31-23)33-11-5-8-21(33)25(30)36/h3-4,6-7,9-10,14-16,21,24H,5,8,11-13H2,1-2H3,(H2,30,36)/t21-,24?/m0/s1. The van der Waals surface area contributed by atoms with Crippen LogP contribution >= 0.6 is 0 Å². The Morgan fingerprint density at radius 3 is 2.69 bits per heavy atom. The van der Waals surface area contributed by atoms with Gasteiger partial charge in [-0.25, -0.2) is 19.1 Å². The molecule has 3 aliphatic heterocycles. The Kier molecular flexibility index (Phi) is 6.00. The van der Waals surface area contributed by atoms with Crippen LogP contribution in [0.25, 0.3) is 11.4 Å². The number of anilines is 3. The van der Waals surface area contributed by atoms with Crippen LogP contribution in [0.15, 0.2) is 48.7 Å². The van der Waals surface area contributed by atoms with Gasteiger partial charge in [-0.2, -0.15) is 0 Å². The number of hydrogen-bond donors (Lipinski definition) is 1. The molecule has 2 fully saturated rings. The van der Waals surface area contributed by atoms with Gasteiger partial charge in [-0.3, -0.25) is 14.5 Å². The zero-order valence-electron chi connectivity index (χ0n) is 21.7. The number of hydrogen-bond acceptors (Lipinski definition) is 6. The number of carbonyl (C=O) groups is 3. The number of rotatable bonds is 5. The minimum atomic E-state index is -0.838. The van der Waals surface area contributed by atoms with Crippen molar-refractivity contribution in [2.75, 3.05) is 27.9 Å². The van der Waals surface area contributed by atoms with Crippen LogP contribution < -0.4 is 25.2 Å². The predicted molar refractivity (Wildman–Crippen MR) is 143 cm³/mol. The van der Waals surface area contributed by atoms with Gasteiger partial charge in [-0.05, 0) is 43.0 Å². The number of urea groups is 1. The Morgan fingerprint density at radius 2 is 1.95 bits per heavy atom. The lowest BCUT2D eigenvalue weighted by molar-refractivity contribution is -0.119. The smallest absolute Gasteiger partial charge is 0.337 e. The third kappa shape index (κ3) is 4.00. The van der Waals surface area contributed by atoms with Gasteiger partial charge in [-0.15, -0.1) is 0 Å². The summed E-state index contributed by atoms with van der Waals surface area (Å²) in [6.45, 7) is 5.25. The molecular formula is C28H29FN6O4. The summed E-state index contributed by atoms with van der Waals surface area (Å²) < 4.78 is 22.6. The van der Waals surface area contributed by atoms with Gasteiger partial charge >= 0.3 is 6.03 Å². The maximum atomic E-state index is 14.6. The predicted octanol–water partition coefficient (Wildman–Crippen LogP) is 3.53. The van der Waals surface area contributed by atoms with Gasteiger partial charge in [-0.1, -0.05) is 26.0 Å². The van der Waals surface area contributed by atoms with Gasteiger partial charge in [0.2, 0.25) is 5.91 Å². The van der Waals surface area contributed by atoms with Crippen LogP contribution in [0.5, 0.6) is 5.75 Å². The van der Waals surface area contributed by atoms with Gasteiger partial charge in [0.25, 0.3) is 5.91 Å². The molecule has 0 spiro atoms. The summed E-state index contributed by atoms with van der Waals surface area (Å²) in [5.74, 6) is -0.228. The number of aromatic nitrogens is 2. The Labute approximate surface area is 224 Å². The zero-order chi connectivity index (χ0) is 27.4. The lowest BCUT2D eigenvalue weighted by Gasteiger charge is -2.25. The second-order valence-electron chi connectivity index (χ2n) is 10.4. The Bertz CT molecular complexity index is 1490. The number of halogens is 1. The quantitative estimate of drug-likeness (QED) is 0.503. The van der Waals surface area contributed by atoms with Crippen LogP contribution in [0.3, 0.4) is 0 Å². The minimum absolute atomic E-state index is 0.0797. The third-order valence-electron chi connectivity index (χ3n) is 7.59. The van der Waals surface area contributed by atoms with E-state index in [4.69, 9.17) is 15.5 Å². The molecule has 2 atom stereocenters. The number of benzene rings is 2. The highest BCUT2D eigenvalue weighted by molar-refractivity contribution is 6.28. The van der Waals surface area contributed by atoms with E-state index in [2.05, 4.69) is 0 Å². The summed E-state index contributed by atoms with van der Waals surface area (Å²) >= 11 is 0. The number of para-hydroxylation sites is 1. The monoisotopic (exact) mass is 532 g/mol. The average molecular weight is 533 g/mol. The molecular weight excluding hydrogens is 503 g/mol.